The van der Waals surface area contributed by atoms with Crippen LogP contribution in [0.4, 0.5) is 0 Å². The van der Waals surface area contributed by atoms with E-state index >= 15 is 0 Å². The fourth-order valence-electron chi connectivity index (χ4n) is 2.43. The quantitative estimate of drug-likeness (QED) is 0.724. The molecule has 0 radical (unpaired) electrons. The van der Waals surface area contributed by atoms with Gasteiger partial charge in [0.1, 0.15) is 5.69 Å². The third-order valence-electron chi connectivity index (χ3n) is 3.43. The van der Waals surface area contributed by atoms with E-state index in [-0.39, 0.29) is 5.78 Å². The van der Waals surface area contributed by atoms with Crippen LogP contribution in [-0.2, 0) is 12.8 Å². The summed E-state index contributed by atoms with van der Waals surface area (Å²) in [5, 5.41) is 0.716. The number of rotatable bonds is 0. The van der Waals surface area contributed by atoms with Gasteiger partial charge in [0.2, 0.25) is 5.78 Å². The molecule has 18 heavy (non-hydrogen) atoms. The SMILES string of the molecule is Cc1ccc2c(c1Cl)CCc1cccnc1C2=O. The molecule has 1 aromatic heterocycles. The number of aromatic nitrogens is 1. The third kappa shape index (κ3) is 1.65. The Hall–Kier alpha value is -1.67. The number of carbonyl (C=O) groups is 1. The summed E-state index contributed by atoms with van der Waals surface area (Å²) in [6.07, 6.45) is 3.27. The standard InChI is InChI=1S/C15H12ClNO/c1-9-4-6-12-11(13(9)16)7-5-10-3-2-8-17-14(10)15(12)18/h2-4,6,8H,5,7H2,1H3. The molecule has 0 spiro atoms. The topological polar surface area (TPSA) is 30.0 Å². The molecule has 0 saturated heterocycles. The Balaban J connectivity index is 2.24. The van der Waals surface area contributed by atoms with E-state index in [0.29, 0.717) is 16.3 Å². The van der Waals surface area contributed by atoms with Crippen LogP contribution in [0.15, 0.2) is 30.5 Å². The van der Waals surface area contributed by atoms with Gasteiger partial charge in [-0.15, -0.1) is 0 Å². The highest BCUT2D eigenvalue weighted by atomic mass is 35.5. The Bertz CT molecular complexity index is 649. The van der Waals surface area contributed by atoms with Crippen LogP contribution in [0, 0.1) is 6.92 Å². The van der Waals surface area contributed by atoms with Crippen molar-refractivity contribution in [1.82, 2.24) is 4.98 Å². The van der Waals surface area contributed by atoms with E-state index < -0.39 is 0 Å². The minimum Gasteiger partial charge on any atom is -0.287 e. The Morgan fingerprint density at radius 2 is 2.06 bits per heavy atom. The second-order valence-corrected chi connectivity index (χ2v) is 4.94. The summed E-state index contributed by atoms with van der Waals surface area (Å²) < 4.78 is 0. The lowest BCUT2D eigenvalue weighted by Crippen LogP contribution is -2.07. The van der Waals surface area contributed by atoms with E-state index in [9.17, 15) is 4.79 Å². The number of fused-ring (bicyclic) bond motifs is 2. The molecule has 2 aromatic rings. The van der Waals surface area contributed by atoms with Gasteiger partial charge in [0, 0.05) is 16.8 Å². The average Bonchev–Trinajstić information content (AvgIpc) is 2.53. The lowest BCUT2D eigenvalue weighted by Gasteiger charge is -2.08. The zero-order chi connectivity index (χ0) is 12.7. The van der Waals surface area contributed by atoms with E-state index in [4.69, 9.17) is 11.6 Å². The zero-order valence-corrected chi connectivity index (χ0v) is 10.8. The van der Waals surface area contributed by atoms with Crippen LogP contribution in [0.2, 0.25) is 5.02 Å². The maximum Gasteiger partial charge on any atom is 0.211 e. The van der Waals surface area contributed by atoms with Gasteiger partial charge >= 0.3 is 0 Å². The first-order valence-corrected chi connectivity index (χ1v) is 6.33. The van der Waals surface area contributed by atoms with Gasteiger partial charge in [0.15, 0.2) is 0 Å². The monoisotopic (exact) mass is 257 g/mol. The van der Waals surface area contributed by atoms with Crippen LogP contribution in [0.5, 0.6) is 0 Å². The first-order valence-electron chi connectivity index (χ1n) is 5.95. The number of halogens is 1. The summed E-state index contributed by atoms with van der Waals surface area (Å²) in [7, 11) is 0. The Labute approximate surface area is 111 Å². The number of aryl methyl sites for hydroxylation is 2. The van der Waals surface area contributed by atoms with E-state index in [1.54, 1.807) is 6.20 Å². The summed E-state index contributed by atoms with van der Waals surface area (Å²) in [4.78, 5) is 16.7. The maximum absolute atomic E-state index is 12.5. The Morgan fingerprint density at radius 1 is 1.22 bits per heavy atom. The second kappa shape index (κ2) is 4.21. The summed E-state index contributed by atoms with van der Waals surface area (Å²) in [5.41, 5.74) is 4.24. The highest BCUT2D eigenvalue weighted by Gasteiger charge is 2.23. The number of hydrogen-bond acceptors (Lipinski definition) is 2. The summed E-state index contributed by atoms with van der Waals surface area (Å²) >= 11 is 6.32. The van der Waals surface area contributed by atoms with Gasteiger partial charge in [-0.05, 0) is 42.5 Å². The molecular formula is C15H12ClNO. The minimum atomic E-state index is -0.0139. The fraction of sp³-hybridized carbons (Fsp3) is 0.200. The molecule has 0 saturated carbocycles. The highest BCUT2D eigenvalue weighted by Crippen LogP contribution is 2.30. The summed E-state index contributed by atoms with van der Waals surface area (Å²) in [5.74, 6) is -0.0139. The molecule has 0 aliphatic heterocycles. The largest absolute Gasteiger partial charge is 0.287 e. The van der Waals surface area contributed by atoms with Crippen molar-refractivity contribution in [2.24, 2.45) is 0 Å². The van der Waals surface area contributed by atoms with Gasteiger partial charge in [0.05, 0.1) is 0 Å². The van der Waals surface area contributed by atoms with Crippen molar-refractivity contribution in [2.45, 2.75) is 19.8 Å². The summed E-state index contributed by atoms with van der Waals surface area (Å²) in [6.45, 7) is 1.96. The van der Waals surface area contributed by atoms with Gasteiger partial charge in [-0.3, -0.25) is 9.78 Å². The van der Waals surface area contributed by atoms with Gasteiger partial charge in [0.25, 0.3) is 0 Å². The molecule has 3 rings (SSSR count). The van der Waals surface area contributed by atoms with Crippen LogP contribution in [-0.4, -0.2) is 10.8 Å². The van der Waals surface area contributed by atoms with Crippen LogP contribution in [0.1, 0.15) is 32.7 Å². The third-order valence-corrected chi connectivity index (χ3v) is 3.96. The minimum absolute atomic E-state index is 0.0139. The predicted molar refractivity (Wildman–Crippen MR) is 71.3 cm³/mol. The van der Waals surface area contributed by atoms with Gasteiger partial charge in [-0.2, -0.15) is 0 Å². The molecule has 90 valence electrons. The lowest BCUT2D eigenvalue weighted by molar-refractivity contribution is 0.103. The van der Waals surface area contributed by atoms with Crippen molar-refractivity contribution in [3.8, 4) is 0 Å². The van der Waals surface area contributed by atoms with Gasteiger partial charge < -0.3 is 0 Å². The Morgan fingerprint density at radius 3 is 2.89 bits per heavy atom. The van der Waals surface area contributed by atoms with E-state index in [1.807, 2.05) is 31.2 Å². The van der Waals surface area contributed by atoms with Crippen LogP contribution < -0.4 is 0 Å². The zero-order valence-electron chi connectivity index (χ0n) is 10.0. The van der Waals surface area contributed by atoms with Crippen LogP contribution in [0.3, 0.4) is 0 Å². The molecule has 0 atom stereocenters. The Kier molecular flexibility index (Phi) is 2.67. The molecule has 0 fully saturated rings. The van der Waals surface area contributed by atoms with Crippen LogP contribution >= 0.6 is 11.6 Å². The summed E-state index contributed by atoms with van der Waals surface area (Å²) in [6, 6.07) is 7.59. The molecule has 2 nitrogen and oxygen atoms in total. The van der Waals surface area contributed by atoms with E-state index in [1.165, 1.54) is 0 Å². The lowest BCUT2D eigenvalue weighted by atomic mass is 9.99. The number of ketones is 1. The number of nitrogens with zero attached hydrogens (tertiary/aromatic N) is 1. The van der Waals surface area contributed by atoms with Gasteiger partial charge in [-0.1, -0.05) is 29.8 Å². The van der Waals surface area contributed by atoms with Crippen molar-refractivity contribution >= 4 is 17.4 Å². The smallest absolute Gasteiger partial charge is 0.211 e. The first-order chi connectivity index (χ1) is 8.68. The molecule has 1 aliphatic carbocycles. The van der Waals surface area contributed by atoms with Crippen molar-refractivity contribution in [1.29, 1.82) is 0 Å². The predicted octanol–water partition coefficient (Wildman–Crippen LogP) is 3.37. The number of carbonyl (C=O) groups excluding carboxylic acids is 1. The number of pyridine rings is 1. The average molecular weight is 258 g/mol. The van der Waals surface area contributed by atoms with Crippen molar-refractivity contribution in [3.63, 3.8) is 0 Å². The van der Waals surface area contributed by atoms with Gasteiger partial charge in [-0.25, -0.2) is 0 Å². The van der Waals surface area contributed by atoms with Crippen molar-refractivity contribution in [3.05, 3.63) is 63.4 Å². The molecule has 3 heteroatoms. The number of hydrogen-bond donors (Lipinski definition) is 0. The molecule has 0 unspecified atom stereocenters. The maximum atomic E-state index is 12.5. The number of benzene rings is 1. The molecule has 1 aliphatic rings. The molecule has 1 aromatic carbocycles. The molecule has 1 heterocycles. The normalized spacial score (nSPS) is 13.8. The van der Waals surface area contributed by atoms with Crippen molar-refractivity contribution in [2.75, 3.05) is 0 Å². The molecular weight excluding hydrogens is 246 g/mol. The second-order valence-electron chi connectivity index (χ2n) is 4.56. The first kappa shape index (κ1) is 11.4. The molecule has 0 bridgehead atoms. The van der Waals surface area contributed by atoms with E-state index in [0.717, 1.165) is 29.5 Å². The highest BCUT2D eigenvalue weighted by molar-refractivity contribution is 6.33. The fourth-order valence-corrected chi connectivity index (χ4v) is 2.69. The molecule has 0 amide bonds. The van der Waals surface area contributed by atoms with E-state index in [2.05, 4.69) is 4.98 Å². The molecule has 0 N–H and O–H groups in total. The van der Waals surface area contributed by atoms with Crippen molar-refractivity contribution < 1.29 is 4.79 Å². The van der Waals surface area contributed by atoms with Crippen LogP contribution in [0.25, 0.3) is 0 Å².